The molecule has 4 heteroatoms. The zero-order valence-electron chi connectivity index (χ0n) is 11.3. The van der Waals surface area contributed by atoms with Gasteiger partial charge in [0.05, 0.1) is 0 Å². The maximum Gasteiger partial charge on any atom is 0.223 e. The maximum atomic E-state index is 12.0. The zero-order chi connectivity index (χ0) is 13.7. The van der Waals surface area contributed by atoms with Crippen LogP contribution in [-0.4, -0.2) is 42.3 Å². The highest BCUT2D eigenvalue weighted by atomic mass is 16.2. The van der Waals surface area contributed by atoms with Crippen LogP contribution in [-0.2, 0) is 4.79 Å². The molecule has 0 bridgehead atoms. The van der Waals surface area contributed by atoms with Gasteiger partial charge in [-0.2, -0.15) is 0 Å². The Morgan fingerprint density at radius 2 is 2.00 bits per heavy atom. The smallest absolute Gasteiger partial charge is 0.223 e. The molecule has 4 nitrogen and oxygen atoms in total. The van der Waals surface area contributed by atoms with Gasteiger partial charge in [-0.15, -0.1) is 0 Å². The summed E-state index contributed by atoms with van der Waals surface area (Å²) in [6.07, 6.45) is 0.599. The van der Waals surface area contributed by atoms with E-state index in [0.717, 1.165) is 19.6 Å². The van der Waals surface area contributed by atoms with Crippen molar-refractivity contribution in [3.63, 3.8) is 0 Å². The molecule has 1 N–H and O–H groups in total. The number of hydrogen-bond acceptors (Lipinski definition) is 3. The SMILES string of the molecule is CC1CN(C(=O)CCC(=O)c2ccccc2)CCN1. The molecule has 1 fully saturated rings. The first-order chi connectivity index (χ1) is 9.16. The Kier molecular flexibility index (Phi) is 4.68. The zero-order valence-corrected chi connectivity index (χ0v) is 11.3. The molecule has 0 aliphatic carbocycles. The predicted octanol–water partition coefficient (Wildman–Crippen LogP) is 1.47. The monoisotopic (exact) mass is 260 g/mol. The lowest BCUT2D eigenvalue weighted by Crippen LogP contribution is -2.51. The first-order valence-electron chi connectivity index (χ1n) is 6.76. The molecule has 1 heterocycles. The van der Waals surface area contributed by atoms with Crippen LogP contribution in [0.2, 0.25) is 0 Å². The Hall–Kier alpha value is -1.68. The largest absolute Gasteiger partial charge is 0.340 e. The molecule has 1 aromatic rings. The molecular formula is C15H20N2O2. The summed E-state index contributed by atoms with van der Waals surface area (Å²) < 4.78 is 0. The fourth-order valence-electron chi connectivity index (χ4n) is 2.31. The Labute approximate surface area is 113 Å². The molecule has 0 aromatic heterocycles. The summed E-state index contributed by atoms with van der Waals surface area (Å²) >= 11 is 0. The highest BCUT2D eigenvalue weighted by Crippen LogP contribution is 2.08. The van der Waals surface area contributed by atoms with Gasteiger partial charge in [-0.25, -0.2) is 0 Å². The Bertz CT molecular complexity index is 445. The molecule has 1 saturated heterocycles. The van der Waals surface area contributed by atoms with Gasteiger partial charge in [0.15, 0.2) is 5.78 Å². The predicted molar refractivity (Wildman–Crippen MR) is 74.1 cm³/mol. The third kappa shape index (κ3) is 3.89. The molecule has 1 aliphatic heterocycles. The summed E-state index contributed by atoms with van der Waals surface area (Å²) in [6, 6.07) is 9.48. The topological polar surface area (TPSA) is 49.4 Å². The highest BCUT2D eigenvalue weighted by molar-refractivity contribution is 5.97. The van der Waals surface area contributed by atoms with Crippen LogP contribution in [0.25, 0.3) is 0 Å². The number of amides is 1. The number of piperazine rings is 1. The van der Waals surface area contributed by atoms with Crippen molar-refractivity contribution in [2.24, 2.45) is 0 Å². The number of rotatable bonds is 4. The molecule has 1 aromatic carbocycles. The van der Waals surface area contributed by atoms with Gasteiger partial charge in [-0.05, 0) is 6.92 Å². The number of nitrogens with one attached hydrogen (secondary N) is 1. The third-order valence-corrected chi connectivity index (χ3v) is 3.38. The van der Waals surface area contributed by atoms with E-state index in [4.69, 9.17) is 0 Å². The molecular weight excluding hydrogens is 240 g/mol. The van der Waals surface area contributed by atoms with E-state index in [2.05, 4.69) is 12.2 Å². The van der Waals surface area contributed by atoms with Gasteiger partial charge in [0.25, 0.3) is 0 Å². The molecule has 0 radical (unpaired) electrons. The number of carbonyl (C=O) groups excluding carboxylic acids is 2. The lowest BCUT2D eigenvalue weighted by molar-refractivity contribution is -0.132. The normalized spacial score (nSPS) is 19.2. The quantitative estimate of drug-likeness (QED) is 0.834. The van der Waals surface area contributed by atoms with E-state index in [1.807, 2.05) is 23.1 Å². The van der Waals surface area contributed by atoms with Gasteiger partial charge in [-0.3, -0.25) is 9.59 Å². The molecule has 1 unspecified atom stereocenters. The second-order valence-electron chi connectivity index (χ2n) is 4.98. The lowest BCUT2D eigenvalue weighted by atomic mass is 10.1. The van der Waals surface area contributed by atoms with Crippen LogP contribution >= 0.6 is 0 Å². The van der Waals surface area contributed by atoms with E-state index >= 15 is 0 Å². The van der Waals surface area contributed by atoms with Crippen molar-refractivity contribution in [1.82, 2.24) is 10.2 Å². The van der Waals surface area contributed by atoms with Crippen molar-refractivity contribution in [3.05, 3.63) is 35.9 Å². The van der Waals surface area contributed by atoms with Crippen LogP contribution in [0.3, 0.4) is 0 Å². The number of hydrogen-bond donors (Lipinski definition) is 1. The van der Waals surface area contributed by atoms with E-state index in [1.54, 1.807) is 12.1 Å². The Balaban J connectivity index is 1.82. The molecule has 1 atom stereocenters. The van der Waals surface area contributed by atoms with Crippen molar-refractivity contribution in [2.45, 2.75) is 25.8 Å². The Morgan fingerprint density at radius 3 is 2.68 bits per heavy atom. The van der Waals surface area contributed by atoms with Crippen LogP contribution < -0.4 is 5.32 Å². The summed E-state index contributed by atoms with van der Waals surface area (Å²) in [5, 5.41) is 3.30. The van der Waals surface area contributed by atoms with Crippen LogP contribution in [0.4, 0.5) is 0 Å². The third-order valence-electron chi connectivity index (χ3n) is 3.38. The van der Waals surface area contributed by atoms with Crippen molar-refractivity contribution < 1.29 is 9.59 Å². The standard InChI is InChI=1S/C15H20N2O2/c1-12-11-17(10-9-16-12)15(19)8-7-14(18)13-5-3-2-4-6-13/h2-6,12,16H,7-11H2,1H3. The van der Waals surface area contributed by atoms with Crippen LogP contribution in [0.5, 0.6) is 0 Å². The van der Waals surface area contributed by atoms with Crippen LogP contribution in [0.15, 0.2) is 30.3 Å². The van der Waals surface area contributed by atoms with Gasteiger partial charge < -0.3 is 10.2 Å². The minimum atomic E-state index is 0.0390. The molecule has 19 heavy (non-hydrogen) atoms. The average molecular weight is 260 g/mol. The van der Waals surface area contributed by atoms with Crippen molar-refractivity contribution in [2.75, 3.05) is 19.6 Å². The summed E-state index contributed by atoms with van der Waals surface area (Å²) in [4.78, 5) is 25.8. The summed E-state index contributed by atoms with van der Waals surface area (Å²) in [5.41, 5.74) is 0.684. The molecule has 1 amide bonds. The minimum absolute atomic E-state index is 0.0390. The van der Waals surface area contributed by atoms with Gasteiger partial charge in [0.1, 0.15) is 0 Å². The number of Topliss-reactive ketones (excluding diaryl/α,β-unsaturated/α-hetero) is 1. The van der Waals surface area contributed by atoms with E-state index in [1.165, 1.54) is 0 Å². The van der Waals surface area contributed by atoms with Gasteiger partial charge in [-0.1, -0.05) is 30.3 Å². The first-order valence-corrected chi connectivity index (χ1v) is 6.76. The fourth-order valence-corrected chi connectivity index (χ4v) is 2.31. The van der Waals surface area contributed by atoms with Gasteiger partial charge in [0, 0.05) is 44.1 Å². The molecule has 2 rings (SSSR count). The van der Waals surface area contributed by atoms with E-state index in [0.29, 0.717) is 24.4 Å². The molecule has 0 spiro atoms. The van der Waals surface area contributed by atoms with E-state index in [-0.39, 0.29) is 11.7 Å². The van der Waals surface area contributed by atoms with Crippen molar-refractivity contribution in [1.29, 1.82) is 0 Å². The molecule has 102 valence electrons. The summed E-state index contributed by atoms with van der Waals surface area (Å²) in [6.45, 7) is 4.37. The van der Waals surface area contributed by atoms with E-state index < -0.39 is 0 Å². The van der Waals surface area contributed by atoms with Crippen molar-refractivity contribution in [3.8, 4) is 0 Å². The number of nitrogens with zero attached hydrogens (tertiary/aromatic N) is 1. The van der Waals surface area contributed by atoms with Crippen LogP contribution in [0.1, 0.15) is 30.1 Å². The van der Waals surface area contributed by atoms with Gasteiger partial charge >= 0.3 is 0 Å². The first kappa shape index (κ1) is 13.7. The average Bonchev–Trinajstić information content (AvgIpc) is 2.45. The lowest BCUT2D eigenvalue weighted by Gasteiger charge is -2.31. The Morgan fingerprint density at radius 1 is 1.26 bits per heavy atom. The highest BCUT2D eigenvalue weighted by Gasteiger charge is 2.20. The summed E-state index contributed by atoms with van der Waals surface area (Å²) in [5.74, 6) is 0.120. The van der Waals surface area contributed by atoms with Crippen LogP contribution in [0, 0.1) is 0 Å². The summed E-state index contributed by atoms with van der Waals surface area (Å²) in [7, 11) is 0. The number of carbonyl (C=O) groups is 2. The molecule has 0 saturated carbocycles. The van der Waals surface area contributed by atoms with Gasteiger partial charge in [0.2, 0.25) is 5.91 Å². The number of ketones is 1. The minimum Gasteiger partial charge on any atom is -0.340 e. The number of benzene rings is 1. The fraction of sp³-hybridized carbons (Fsp3) is 0.467. The second-order valence-corrected chi connectivity index (χ2v) is 4.98. The van der Waals surface area contributed by atoms with Crippen molar-refractivity contribution >= 4 is 11.7 Å². The van der Waals surface area contributed by atoms with E-state index in [9.17, 15) is 9.59 Å². The maximum absolute atomic E-state index is 12.0. The second kappa shape index (κ2) is 6.48. The molecule has 1 aliphatic rings.